The third kappa shape index (κ3) is 3.63. The van der Waals surface area contributed by atoms with Crippen LogP contribution in [0, 0.1) is 12.8 Å². The predicted octanol–water partition coefficient (Wildman–Crippen LogP) is 0.378. The lowest BCUT2D eigenvalue weighted by molar-refractivity contribution is -0.145. The Kier molecular flexibility index (Phi) is 4.79. The molecule has 2 heterocycles. The summed E-state index contributed by atoms with van der Waals surface area (Å²) in [6.45, 7) is 2.28. The van der Waals surface area contributed by atoms with Gasteiger partial charge in [0, 0.05) is 26.2 Å². The molecular weight excluding hydrogens is 290 g/mol. The van der Waals surface area contributed by atoms with Crippen LogP contribution in [0.15, 0.2) is 10.6 Å². The van der Waals surface area contributed by atoms with Gasteiger partial charge in [0.15, 0.2) is 5.69 Å². The smallest absolute Gasteiger partial charge is 0.308 e. The fourth-order valence-corrected chi connectivity index (χ4v) is 2.44. The maximum Gasteiger partial charge on any atom is 0.308 e. The van der Waals surface area contributed by atoms with E-state index in [0.717, 1.165) is 0 Å². The average Bonchev–Trinajstić information content (AvgIpc) is 2.93. The fourth-order valence-electron chi connectivity index (χ4n) is 2.44. The number of carbonyl (C=O) groups is 3. The summed E-state index contributed by atoms with van der Waals surface area (Å²) in [7, 11) is 1.50. The van der Waals surface area contributed by atoms with E-state index >= 15 is 0 Å². The van der Waals surface area contributed by atoms with E-state index in [0.29, 0.717) is 25.1 Å². The number of carboxylic acid groups (broad SMARTS) is 1. The summed E-state index contributed by atoms with van der Waals surface area (Å²) >= 11 is 0. The number of rotatable bonds is 4. The van der Waals surface area contributed by atoms with Gasteiger partial charge in [-0.1, -0.05) is 5.16 Å². The number of piperidine rings is 1. The van der Waals surface area contributed by atoms with Gasteiger partial charge < -0.3 is 19.4 Å². The van der Waals surface area contributed by atoms with Crippen LogP contribution in [0.25, 0.3) is 0 Å². The molecule has 1 aliphatic rings. The third-order valence-corrected chi connectivity index (χ3v) is 3.69. The molecule has 1 fully saturated rings. The molecule has 0 radical (unpaired) electrons. The Morgan fingerprint density at radius 3 is 2.82 bits per heavy atom. The molecule has 1 saturated heterocycles. The van der Waals surface area contributed by atoms with E-state index in [1.807, 2.05) is 0 Å². The number of carbonyl (C=O) groups excluding carboxylic acids is 2. The maximum absolute atomic E-state index is 12.2. The van der Waals surface area contributed by atoms with E-state index in [1.165, 1.54) is 22.9 Å². The van der Waals surface area contributed by atoms with Crippen molar-refractivity contribution in [3.8, 4) is 0 Å². The van der Waals surface area contributed by atoms with Crippen molar-refractivity contribution in [3.63, 3.8) is 0 Å². The van der Waals surface area contributed by atoms with Gasteiger partial charge in [0.05, 0.1) is 12.5 Å². The van der Waals surface area contributed by atoms with Crippen molar-refractivity contribution in [2.24, 2.45) is 5.92 Å². The minimum Gasteiger partial charge on any atom is -0.481 e. The second-order valence-corrected chi connectivity index (χ2v) is 5.50. The fraction of sp³-hybridized carbons (Fsp3) is 0.571. The Hall–Kier alpha value is -2.38. The standard InChI is InChI=1S/C14H19N3O5/c1-9-6-11(15-22-9)13(19)16(2)8-12(18)17-5-3-4-10(7-17)14(20)21/h6,10H,3-5,7-8H2,1-2H3,(H,20,21). The van der Waals surface area contributed by atoms with E-state index in [2.05, 4.69) is 5.16 Å². The highest BCUT2D eigenvalue weighted by Gasteiger charge is 2.29. The van der Waals surface area contributed by atoms with Crippen molar-refractivity contribution in [2.75, 3.05) is 26.7 Å². The Labute approximate surface area is 127 Å². The molecule has 1 atom stereocenters. The Morgan fingerprint density at radius 1 is 1.50 bits per heavy atom. The highest BCUT2D eigenvalue weighted by atomic mass is 16.5. The van der Waals surface area contributed by atoms with Crippen molar-refractivity contribution >= 4 is 17.8 Å². The summed E-state index contributed by atoms with van der Waals surface area (Å²) in [4.78, 5) is 38.1. The second kappa shape index (κ2) is 6.59. The number of hydrogen-bond acceptors (Lipinski definition) is 5. The van der Waals surface area contributed by atoms with Gasteiger partial charge in [0.1, 0.15) is 5.76 Å². The minimum atomic E-state index is -0.889. The van der Waals surface area contributed by atoms with Gasteiger partial charge >= 0.3 is 5.97 Å². The highest BCUT2D eigenvalue weighted by Crippen LogP contribution is 2.17. The van der Waals surface area contributed by atoms with Crippen molar-refractivity contribution in [2.45, 2.75) is 19.8 Å². The zero-order valence-electron chi connectivity index (χ0n) is 12.6. The van der Waals surface area contributed by atoms with Crippen molar-refractivity contribution in [1.29, 1.82) is 0 Å². The molecule has 1 aromatic heterocycles. The first-order chi connectivity index (χ1) is 10.4. The maximum atomic E-state index is 12.2. The lowest BCUT2D eigenvalue weighted by Crippen LogP contribution is -2.46. The van der Waals surface area contributed by atoms with Crippen LogP contribution in [0.3, 0.4) is 0 Å². The van der Waals surface area contributed by atoms with Crippen LogP contribution in [-0.2, 0) is 9.59 Å². The quantitative estimate of drug-likeness (QED) is 0.862. The molecule has 8 nitrogen and oxygen atoms in total. The highest BCUT2D eigenvalue weighted by molar-refractivity contribution is 5.94. The molecule has 1 unspecified atom stereocenters. The van der Waals surface area contributed by atoms with Crippen molar-refractivity contribution < 1.29 is 24.0 Å². The van der Waals surface area contributed by atoms with E-state index in [1.54, 1.807) is 6.92 Å². The summed E-state index contributed by atoms with van der Waals surface area (Å²) < 4.78 is 4.84. The summed E-state index contributed by atoms with van der Waals surface area (Å²) in [6, 6.07) is 1.50. The van der Waals surface area contributed by atoms with Gasteiger partial charge in [-0.25, -0.2) is 0 Å². The van der Waals surface area contributed by atoms with Crippen LogP contribution >= 0.6 is 0 Å². The van der Waals surface area contributed by atoms with Gasteiger partial charge in [-0.15, -0.1) is 0 Å². The number of aromatic nitrogens is 1. The number of aryl methyl sites for hydroxylation is 1. The SMILES string of the molecule is Cc1cc(C(=O)N(C)CC(=O)N2CCCC(C(=O)O)C2)no1. The number of nitrogens with zero attached hydrogens (tertiary/aromatic N) is 3. The van der Waals surface area contributed by atoms with Gasteiger partial charge in [-0.05, 0) is 19.8 Å². The summed E-state index contributed by atoms with van der Waals surface area (Å²) in [5.41, 5.74) is 0.148. The first kappa shape index (κ1) is 16.0. The first-order valence-corrected chi connectivity index (χ1v) is 7.08. The van der Waals surface area contributed by atoms with Crippen molar-refractivity contribution in [1.82, 2.24) is 15.0 Å². The lowest BCUT2D eigenvalue weighted by atomic mass is 9.98. The molecule has 22 heavy (non-hydrogen) atoms. The normalized spacial score (nSPS) is 18.1. The number of aliphatic carboxylic acids is 1. The molecule has 1 N–H and O–H groups in total. The lowest BCUT2D eigenvalue weighted by Gasteiger charge is -2.31. The zero-order valence-corrected chi connectivity index (χ0v) is 12.6. The molecule has 8 heteroatoms. The molecule has 0 saturated carbocycles. The van der Waals surface area contributed by atoms with Crippen LogP contribution in [0.2, 0.25) is 0 Å². The third-order valence-electron chi connectivity index (χ3n) is 3.69. The number of likely N-dealkylation sites (tertiary alicyclic amines) is 1. The molecule has 2 amide bonds. The largest absolute Gasteiger partial charge is 0.481 e. The summed E-state index contributed by atoms with van der Waals surface area (Å²) in [5.74, 6) is -1.57. The van der Waals surface area contributed by atoms with E-state index < -0.39 is 17.8 Å². The second-order valence-electron chi connectivity index (χ2n) is 5.50. The molecule has 0 bridgehead atoms. The van der Waals surface area contributed by atoms with Gasteiger partial charge in [-0.3, -0.25) is 14.4 Å². The monoisotopic (exact) mass is 309 g/mol. The topological polar surface area (TPSA) is 104 Å². The average molecular weight is 309 g/mol. The molecule has 0 aromatic carbocycles. The summed E-state index contributed by atoms with van der Waals surface area (Å²) in [6.07, 6.45) is 1.23. The van der Waals surface area contributed by atoms with E-state index in [9.17, 15) is 14.4 Å². The van der Waals surface area contributed by atoms with Crippen LogP contribution in [-0.4, -0.2) is 64.5 Å². The Balaban J connectivity index is 1.93. The van der Waals surface area contributed by atoms with Crippen LogP contribution < -0.4 is 0 Å². The molecule has 0 aliphatic carbocycles. The molecule has 120 valence electrons. The van der Waals surface area contributed by atoms with Crippen molar-refractivity contribution in [3.05, 3.63) is 17.5 Å². The number of hydrogen-bond donors (Lipinski definition) is 1. The number of amides is 2. The van der Waals surface area contributed by atoms with Crippen LogP contribution in [0.1, 0.15) is 29.1 Å². The molecule has 0 spiro atoms. The van der Waals surface area contributed by atoms with Gasteiger partial charge in [0.25, 0.3) is 5.91 Å². The predicted molar refractivity (Wildman–Crippen MR) is 75.1 cm³/mol. The number of carboxylic acids is 1. The molecule has 1 aliphatic heterocycles. The Morgan fingerprint density at radius 2 is 2.23 bits per heavy atom. The Bertz CT molecular complexity index is 583. The minimum absolute atomic E-state index is 0.114. The van der Waals surface area contributed by atoms with Crippen LogP contribution in [0.5, 0.6) is 0 Å². The van der Waals surface area contributed by atoms with E-state index in [-0.39, 0.29) is 24.7 Å². The molecular formula is C14H19N3O5. The first-order valence-electron chi connectivity index (χ1n) is 7.08. The zero-order chi connectivity index (χ0) is 16.3. The van der Waals surface area contributed by atoms with Gasteiger partial charge in [-0.2, -0.15) is 0 Å². The molecule has 1 aromatic rings. The summed E-state index contributed by atoms with van der Waals surface area (Å²) in [5, 5.41) is 12.7. The molecule has 2 rings (SSSR count). The van der Waals surface area contributed by atoms with Gasteiger partial charge in [0.2, 0.25) is 5.91 Å². The number of likely N-dealkylation sites (N-methyl/N-ethyl adjacent to an activating group) is 1. The van der Waals surface area contributed by atoms with E-state index in [4.69, 9.17) is 9.63 Å². The van der Waals surface area contributed by atoms with Crippen LogP contribution in [0.4, 0.5) is 0 Å².